The van der Waals surface area contributed by atoms with Crippen molar-refractivity contribution in [1.82, 2.24) is 20.4 Å². The number of aromatic nitrogens is 2. The summed E-state index contributed by atoms with van der Waals surface area (Å²) in [6, 6.07) is 10.8. The van der Waals surface area contributed by atoms with Gasteiger partial charge in [0.05, 0.1) is 6.54 Å². The highest BCUT2D eigenvalue weighted by Gasteiger charge is 2.38. The van der Waals surface area contributed by atoms with Gasteiger partial charge in [0.2, 0.25) is 5.91 Å². The summed E-state index contributed by atoms with van der Waals surface area (Å²) in [6.07, 6.45) is 0.881. The van der Waals surface area contributed by atoms with Crippen LogP contribution in [0.15, 0.2) is 42.5 Å². The number of fused-ring (bicyclic) bond motifs is 1. The highest BCUT2D eigenvalue weighted by atomic mass is 19.1. The maximum Gasteiger partial charge on any atom is 0.273 e. The van der Waals surface area contributed by atoms with E-state index >= 15 is 0 Å². The first-order chi connectivity index (χ1) is 16.6. The summed E-state index contributed by atoms with van der Waals surface area (Å²) < 4.78 is 16.3. The molecule has 186 valence electrons. The fourth-order valence-electron chi connectivity index (χ4n) is 4.26. The van der Waals surface area contributed by atoms with Crippen molar-refractivity contribution in [3.63, 3.8) is 0 Å². The lowest BCUT2D eigenvalue weighted by Gasteiger charge is -2.30. The molecule has 8 nitrogen and oxygen atoms in total. The fraction of sp³-hybridized carbons (Fsp3) is 0.423. The zero-order valence-corrected chi connectivity index (χ0v) is 20.2. The molecule has 0 radical (unpaired) electrons. The minimum Gasteiger partial charge on any atom is -0.399 e. The van der Waals surface area contributed by atoms with Crippen molar-refractivity contribution in [2.75, 3.05) is 18.9 Å². The number of nitrogens with zero attached hydrogens (tertiary/aromatic N) is 2. The smallest absolute Gasteiger partial charge is 0.273 e. The number of nitrogen functional groups attached to an aromatic ring is 1. The Morgan fingerprint density at radius 3 is 2.54 bits per heavy atom. The lowest BCUT2D eigenvalue weighted by Crippen LogP contribution is -2.54. The second-order valence-corrected chi connectivity index (χ2v) is 10.3. The second kappa shape index (κ2) is 9.65. The number of aliphatic hydroxyl groups is 1. The van der Waals surface area contributed by atoms with Gasteiger partial charge in [-0.05, 0) is 47.4 Å². The van der Waals surface area contributed by atoms with Crippen LogP contribution in [0.1, 0.15) is 43.2 Å². The van der Waals surface area contributed by atoms with Gasteiger partial charge in [-0.15, -0.1) is 0 Å². The van der Waals surface area contributed by atoms with Crippen LogP contribution in [0.2, 0.25) is 0 Å². The quantitative estimate of drug-likeness (QED) is 0.369. The number of hydrogen-bond acceptors (Lipinski definition) is 5. The Morgan fingerprint density at radius 1 is 1.20 bits per heavy atom. The first-order valence-corrected chi connectivity index (χ1v) is 11.8. The normalized spacial score (nSPS) is 18.3. The summed E-state index contributed by atoms with van der Waals surface area (Å²) in [5.74, 6) is -0.851. The number of halogens is 1. The number of para-hydroxylation sites is 1. The average molecular weight is 482 g/mol. The van der Waals surface area contributed by atoms with Gasteiger partial charge in [0.25, 0.3) is 5.91 Å². The third kappa shape index (κ3) is 5.45. The van der Waals surface area contributed by atoms with Gasteiger partial charge in [0.1, 0.15) is 17.4 Å². The van der Waals surface area contributed by atoms with Gasteiger partial charge < -0.3 is 21.5 Å². The summed E-state index contributed by atoms with van der Waals surface area (Å²) in [4.78, 5) is 26.3. The number of rotatable bonds is 8. The SMILES string of the molecule is CC(C)(C)C(NC(=O)c1nn(Cc2ccc(N)cc2)c2c(F)cccc12)C(=O)NC[C@H]1C[C@@H]1CO. The van der Waals surface area contributed by atoms with E-state index < -0.39 is 23.2 Å². The van der Waals surface area contributed by atoms with Crippen molar-refractivity contribution in [2.24, 2.45) is 17.3 Å². The lowest BCUT2D eigenvalue weighted by molar-refractivity contribution is -0.125. The van der Waals surface area contributed by atoms with Gasteiger partial charge in [-0.25, -0.2) is 4.39 Å². The number of nitrogens with two attached hydrogens (primary N) is 1. The van der Waals surface area contributed by atoms with E-state index in [4.69, 9.17) is 5.73 Å². The number of aliphatic hydroxyl groups excluding tert-OH is 1. The summed E-state index contributed by atoms with van der Waals surface area (Å²) >= 11 is 0. The molecule has 0 spiro atoms. The molecule has 2 aromatic carbocycles. The largest absolute Gasteiger partial charge is 0.399 e. The van der Waals surface area contributed by atoms with E-state index in [2.05, 4.69) is 15.7 Å². The highest BCUT2D eigenvalue weighted by molar-refractivity contribution is 6.06. The van der Waals surface area contributed by atoms with Gasteiger partial charge in [-0.2, -0.15) is 5.10 Å². The topological polar surface area (TPSA) is 122 Å². The van der Waals surface area contributed by atoms with Crippen LogP contribution in [-0.2, 0) is 11.3 Å². The molecular formula is C26H32FN5O3. The van der Waals surface area contributed by atoms with Crippen molar-refractivity contribution in [3.8, 4) is 0 Å². The molecule has 9 heteroatoms. The molecule has 0 saturated heterocycles. The molecule has 0 bridgehead atoms. The van der Waals surface area contributed by atoms with Crippen LogP contribution in [0.4, 0.5) is 10.1 Å². The van der Waals surface area contributed by atoms with Crippen LogP contribution in [0.25, 0.3) is 10.9 Å². The Bertz CT molecular complexity index is 1230. The van der Waals surface area contributed by atoms with Crippen LogP contribution in [0.5, 0.6) is 0 Å². The predicted molar refractivity (Wildman–Crippen MR) is 132 cm³/mol. The van der Waals surface area contributed by atoms with Crippen LogP contribution in [-0.4, -0.2) is 45.9 Å². The number of hydrogen-bond donors (Lipinski definition) is 4. The molecule has 1 aliphatic carbocycles. The maximum absolute atomic E-state index is 14.8. The Labute approximate surface area is 203 Å². The number of carbonyl (C=O) groups excluding carboxylic acids is 2. The Kier molecular flexibility index (Phi) is 6.80. The number of carbonyl (C=O) groups is 2. The van der Waals surface area contributed by atoms with E-state index in [0.29, 0.717) is 17.6 Å². The molecule has 1 heterocycles. The van der Waals surface area contributed by atoms with E-state index in [1.54, 1.807) is 18.2 Å². The average Bonchev–Trinajstić information content (AvgIpc) is 3.48. The van der Waals surface area contributed by atoms with E-state index in [0.717, 1.165) is 12.0 Å². The van der Waals surface area contributed by atoms with E-state index in [1.807, 2.05) is 32.9 Å². The summed E-state index contributed by atoms with van der Waals surface area (Å²) in [6.45, 7) is 6.41. The highest BCUT2D eigenvalue weighted by Crippen LogP contribution is 2.37. The van der Waals surface area contributed by atoms with Crippen LogP contribution >= 0.6 is 0 Å². The molecule has 1 saturated carbocycles. The van der Waals surface area contributed by atoms with Gasteiger partial charge in [0.15, 0.2) is 5.69 Å². The first kappa shape index (κ1) is 24.7. The second-order valence-electron chi connectivity index (χ2n) is 10.3. The van der Waals surface area contributed by atoms with Crippen molar-refractivity contribution in [2.45, 2.75) is 39.8 Å². The number of nitrogens with one attached hydrogen (secondary N) is 2. The van der Waals surface area contributed by atoms with E-state index in [1.165, 1.54) is 16.8 Å². The standard InChI is InChI=1S/C26H32FN5O3/c1-26(2,3)23(25(35)29-12-16-11-17(16)14-33)30-24(34)21-19-5-4-6-20(27)22(19)32(31-21)13-15-7-9-18(28)10-8-15/h4-10,16-17,23,33H,11-14,28H2,1-3H3,(H,29,35)(H,30,34)/t16-,17-,23?/m1/s1. The molecular weight excluding hydrogens is 449 g/mol. The van der Waals surface area contributed by atoms with Crippen LogP contribution < -0.4 is 16.4 Å². The van der Waals surface area contributed by atoms with Crippen molar-refractivity contribution in [3.05, 3.63) is 59.5 Å². The van der Waals surface area contributed by atoms with Gasteiger partial charge in [-0.1, -0.05) is 45.0 Å². The molecule has 3 atom stereocenters. The summed E-state index contributed by atoms with van der Waals surface area (Å²) in [5, 5.41) is 19.8. The Hall–Kier alpha value is -3.46. The summed E-state index contributed by atoms with van der Waals surface area (Å²) in [5.41, 5.74) is 6.93. The molecule has 1 aromatic heterocycles. The number of benzene rings is 2. The summed E-state index contributed by atoms with van der Waals surface area (Å²) in [7, 11) is 0. The molecule has 3 aromatic rings. The fourth-order valence-corrected chi connectivity index (χ4v) is 4.26. The molecule has 1 unspecified atom stereocenters. The van der Waals surface area contributed by atoms with E-state index in [-0.39, 0.29) is 42.1 Å². The molecule has 1 fully saturated rings. The Balaban J connectivity index is 1.58. The van der Waals surface area contributed by atoms with Crippen molar-refractivity contribution in [1.29, 1.82) is 0 Å². The zero-order chi connectivity index (χ0) is 25.3. The number of amides is 2. The minimum absolute atomic E-state index is 0.0551. The maximum atomic E-state index is 14.8. The van der Waals surface area contributed by atoms with Crippen LogP contribution in [0.3, 0.4) is 0 Å². The third-order valence-corrected chi connectivity index (χ3v) is 6.49. The zero-order valence-electron chi connectivity index (χ0n) is 20.2. The molecule has 0 aliphatic heterocycles. The Morgan fingerprint density at radius 2 is 1.91 bits per heavy atom. The first-order valence-electron chi connectivity index (χ1n) is 11.8. The van der Waals surface area contributed by atoms with Crippen molar-refractivity contribution < 1.29 is 19.1 Å². The molecule has 2 amide bonds. The predicted octanol–water partition coefficient (Wildman–Crippen LogP) is 2.70. The van der Waals surface area contributed by atoms with E-state index in [9.17, 15) is 19.1 Å². The minimum atomic E-state index is -0.827. The third-order valence-electron chi connectivity index (χ3n) is 6.49. The molecule has 5 N–H and O–H groups in total. The lowest BCUT2D eigenvalue weighted by atomic mass is 9.86. The van der Waals surface area contributed by atoms with Crippen LogP contribution in [0, 0.1) is 23.1 Å². The van der Waals surface area contributed by atoms with Gasteiger partial charge in [-0.3, -0.25) is 14.3 Å². The molecule has 4 rings (SSSR count). The number of anilines is 1. The van der Waals surface area contributed by atoms with Gasteiger partial charge in [0, 0.05) is 24.2 Å². The monoisotopic (exact) mass is 481 g/mol. The molecule has 35 heavy (non-hydrogen) atoms. The van der Waals surface area contributed by atoms with Gasteiger partial charge >= 0.3 is 0 Å². The van der Waals surface area contributed by atoms with Crippen molar-refractivity contribution >= 4 is 28.4 Å². The molecule has 1 aliphatic rings.